The summed E-state index contributed by atoms with van der Waals surface area (Å²) >= 11 is -1.79. The number of rotatable bonds is 8. The van der Waals surface area contributed by atoms with Crippen LogP contribution < -0.4 is 0 Å². The molecule has 6 aromatic carbocycles. The van der Waals surface area contributed by atoms with E-state index in [1.165, 1.54) is 88.3 Å². The number of benzene rings is 4. The van der Waals surface area contributed by atoms with Crippen molar-refractivity contribution in [3.8, 4) is 44.9 Å². The number of halogens is 2. The van der Waals surface area contributed by atoms with Crippen LogP contribution in [0.2, 0.25) is 0 Å². The maximum absolute atomic E-state index is 6.05. The van der Waals surface area contributed by atoms with Gasteiger partial charge in [-0.05, 0) is 97.9 Å². The van der Waals surface area contributed by atoms with Gasteiger partial charge >= 0.3 is 41.9 Å². The molecule has 2 heterocycles. The van der Waals surface area contributed by atoms with Crippen LogP contribution in [0, 0.1) is 42.5 Å². The molecule has 8 rings (SSSR count). The maximum atomic E-state index is 6.05. The monoisotopic (exact) mass is 956 g/mol. The van der Waals surface area contributed by atoms with Crippen LogP contribution in [0.25, 0.3) is 66.4 Å². The van der Waals surface area contributed by atoms with Crippen molar-refractivity contribution >= 4 is 45.4 Å². The van der Waals surface area contributed by atoms with E-state index in [0.29, 0.717) is 23.7 Å². The first-order valence-corrected chi connectivity index (χ1v) is 31.7. The molecule has 0 aliphatic heterocycles. The average Bonchev–Trinajstić information content (AvgIpc) is 3.99. The van der Waals surface area contributed by atoms with E-state index in [2.05, 4.69) is 173 Å². The SMILES string of the molecule is Cc1ccc2[cH-]c(-c3ccc(C)o3)c(-c3cc(C(C)C)cc(C(C)C)c3)c2c1.Cc1ccc2[cH-]c(-c3ccc(C)o3)c(-c3cc(C(C)C)cc(C(C)C)c3)c2c1.[CH3-].[CH3-].[Si]=[Zr]([Cl])[Cl]. The van der Waals surface area contributed by atoms with E-state index in [0.717, 1.165) is 23.0 Å². The topological polar surface area (TPSA) is 26.3 Å². The van der Waals surface area contributed by atoms with Gasteiger partial charge in [0.1, 0.15) is 0 Å². The van der Waals surface area contributed by atoms with Crippen LogP contribution in [0.15, 0.2) is 118 Å². The molecule has 0 bridgehead atoms. The minimum absolute atomic E-state index is 0. The van der Waals surface area contributed by atoms with Gasteiger partial charge in [-0.25, -0.2) is 0 Å². The van der Waals surface area contributed by atoms with E-state index in [1.54, 1.807) is 0 Å². The van der Waals surface area contributed by atoms with Gasteiger partial charge in [-0.15, -0.1) is 45.8 Å². The normalized spacial score (nSPS) is 11.1. The number of hydrogen-bond acceptors (Lipinski definition) is 2. The fourth-order valence-electron chi connectivity index (χ4n) is 7.91. The van der Waals surface area contributed by atoms with Crippen LogP contribution >= 0.6 is 17.0 Å². The standard InChI is InChI=1S/2C27H29O.2CH3.2ClH.Si.Zr/c2*1-16(2)21-12-22(17(3)4)14-23(13-21)27-24-11-18(5)7-9-20(24)15-25(27)26-10-8-19(6)28-26;;;;;;/h2*7-17H,1-6H3;2*1H3;2*1H;;/q4*-1;;;;+2/p-2. The first kappa shape index (κ1) is 51.0. The zero-order chi connectivity index (χ0) is 43.6. The quantitative estimate of drug-likeness (QED) is 0.112. The van der Waals surface area contributed by atoms with Crippen molar-refractivity contribution in [3.05, 3.63) is 169 Å². The molecule has 8 aromatic rings. The van der Waals surface area contributed by atoms with Gasteiger partial charge in [-0.3, -0.25) is 0 Å². The molecule has 0 unspecified atom stereocenters. The molecule has 0 saturated carbocycles. The second kappa shape index (κ2) is 21.8. The van der Waals surface area contributed by atoms with E-state index in [-0.39, 0.29) is 14.9 Å². The number of aryl methyl sites for hydroxylation is 4. The summed E-state index contributed by atoms with van der Waals surface area (Å²) in [4.78, 5) is 0. The van der Waals surface area contributed by atoms with Crippen molar-refractivity contribution in [2.45, 2.75) is 107 Å². The number of furan rings is 2. The van der Waals surface area contributed by atoms with Gasteiger partial charge < -0.3 is 23.7 Å². The summed E-state index contributed by atoms with van der Waals surface area (Å²) in [6, 6.07) is 40.5. The molecule has 2 nitrogen and oxygen atoms in total. The van der Waals surface area contributed by atoms with Gasteiger partial charge in [0.15, 0.2) is 0 Å². The average molecular weight is 959 g/mol. The Hall–Kier alpha value is -3.66. The first-order valence-electron chi connectivity index (χ1n) is 21.1. The van der Waals surface area contributed by atoms with Gasteiger partial charge in [0, 0.05) is 0 Å². The van der Waals surface area contributed by atoms with Crippen LogP contribution in [0.5, 0.6) is 0 Å². The zero-order valence-electron chi connectivity index (χ0n) is 39.3. The van der Waals surface area contributed by atoms with Gasteiger partial charge in [0.05, 0.1) is 23.0 Å². The Balaban J connectivity index is 0.000000244. The Morgan fingerprint density at radius 3 is 1.03 bits per heavy atom. The van der Waals surface area contributed by atoms with Crippen molar-refractivity contribution in [2.24, 2.45) is 0 Å². The van der Waals surface area contributed by atoms with Gasteiger partial charge in [0.2, 0.25) is 0 Å². The van der Waals surface area contributed by atoms with Crippen molar-refractivity contribution in [3.63, 3.8) is 0 Å². The van der Waals surface area contributed by atoms with Crippen molar-refractivity contribution in [1.82, 2.24) is 0 Å². The molecular weight excluding hydrogens is 895 g/mol. The predicted octanol–water partition coefficient (Wildman–Crippen LogP) is 18.6. The van der Waals surface area contributed by atoms with E-state index in [1.807, 2.05) is 26.0 Å². The summed E-state index contributed by atoms with van der Waals surface area (Å²) in [5.74, 6) is 5.76. The van der Waals surface area contributed by atoms with Crippen LogP contribution in [0.1, 0.15) is 124 Å². The summed E-state index contributed by atoms with van der Waals surface area (Å²) in [5, 5.41) is 5.15. The van der Waals surface area contributed by atoms with Crippen LogP contribution in [-0.4, -0.2) is 6.88 Å². The van der Waals surface area contributed by atoms with E-state index >= 15 is 0 Å². The second-order valence-electron chi connectivity index (χ2n) is 17.5. The van der Waals surface area contributed by atoms with Crippen LogP contribution in [0.4, 0.5) is 0 Å². The summed E-state index contributed by atoms with van der Waals surface area (Å²) < 4.78 is 12.1. The third kappa shape index (κ3) is 11.9. The molecule has 0 amide bonds. The molecular formula is C56H64Cl2O2SiZr-4. The molecule has 326 valence electrons. The molecule has 0 aliphatic rings. The first-order chi connectivity index (χ1) is 28.4. The van der Waals surface area contributed by atoms with Gasteiger partial charge in [-0.1, -0.05) is 161 Å². The number of fused-ring (bicyclic) bond motifs is 2. The van der Waals surface area contributed by atoms with E-state index in [9.17, 15) is 0 Å². The summed E-state index contributed by atoms with van der Waals surface area (Å²) in [6.45, 7) is 29.5. The fraction of sp³-hybridized carbons (Fsp3) is 0.286. The molecule has 62 heavy (non-hydrogen) atoms. The summed E-state index contributed by atoms with van der Waals surface area (Å²) in [7, 11) is 10.3. The molecule has 0 fully saturated rings. The van der Waals surface area contributed by atoms with E-state index < -0.39 is 18.0 Å². The third-order valence-electron chi connectivity index (χ3n) is 11.3. The molecule has 2 aromatic heterocycles. The van der Waals surface area contributed by atoms with Crippen LogP contribution in [-0.2, 0) is 18.0 Å². The Morgan fingerprint density at radius 2 is 0.774 bits per heavy atom. The molecule has 0 N–H and O–H groups in total. The molecule has 0 aliphatic carbocycles. The van der Waals surface area contributed by atoms with Crippen molar-refractivity contribution in [2.75, 3.05) is 0 Å². The van der Waals surface area contributed by atoms with Gasteiger partial charge in [-0.2, -0.15) is 0 Å². The predicted molar refractivity (Wildman–Crippen MR) is 271 cm³/mol. The zero-order valence-corrected chi connectivity index (χ0v) is 44.2. The molecule has 0 spiro atoms. The van der Waals surface area contributed by atoms with Crippen molar-refractivity contribution < 1.29 is 26.8 Å². The molecule has 6 heteroatoms. The Kier molecular flexibility index (Phi) is 17.9. The minimum atomic E-state index is -1.79. The Bertz CT molecular complexity index is 2530. The van der Waals surface area contributed by atoms with E-state index in [4.69, 9.17) is 25.9 Å². The van der Waals surface area contributed by atoms with Crippen molar-refractivity contribution in [1.29, 1.82) is 0 Å². The third-order valence-corrected chi connectivity index (χ3v) is 11.3. The molecule has 0 saturated heterocycles. The fourth-order valence-corrected chi connectivity index (χ4v) is 7.91. The van der Waals surface area contributed by atoms with Gasteiger partial charge in [0.25, 0.3) is 0 Å². The Morgan fingerprint density at radius 1 is 0.468 bits per heavy atom. The molecule has 2 radical (unpaired) electrons. The van der Waals surface area contributed by atoms with Crippen LogP contribution in [0.3, 0.4) is 0 Å². The Labute approximate surface area is 389 Å². The summed E-state index contributed by atoms with van der Waals surface area (Å²) in [5.41, 5.74) is 15.7. The second-order valence-corrected chi connectivity index (χ2v) is 31.1. The molecule has 0 atom stereocenters. The number of hydrogen-bond donors (Lipinski definition) is 0. The summed E-state index contributed by atoms with van der Waals surface area (Å²) in [6.07, 6.45) is 0.